The summed E-state index contributed by atoms with van der Waals surface area (Å²) in [5.74, 6) is 1.83. The van der Waals surface area contributed by atoms with Crippen molar-refractivity contribution in [2.75, 3.05) is 32.6 Å². The lowest BCUT2D eigenvalue weighted by molar-refractivity contribution is 0.127. The highest BCUT2D eigenvalue weighted by molar-refractivity contribution is 5.92. The van der Waals surface area contributed by atoms with Gasteiger partial charge in [-0.3, -0.25) is 0 Å². The van der Waals surface area contributed by atoms with E-state index in [1.54, 1.807) is 34.9 Å². The van der Waals surface area contributed by atoms with Crippen LogP contribution in [0.4, 0.5) is 10.5 Å². The predicted molar refractivity (Wildman–Crippen MR) is 110 cm³/mol. The van der Waals surface area contributed by atoms with E-state index in [-0.39, 0.29) is 12.1 Å². The Labute approximate surface area is 174 Å². The normalized spacial score (nSPS) is 13.5. The van der Waals surface area contributed by atoms with Crippen LogP contribution in [0, 0.1) is 0 Å². The van der Waals surface area contributed by atoms with Gasteiger partial charge in [0.05, 0.1) is 32.1 Å². The minimum Gasteiger partial charge on any atom is -0.493 e. The average molecular weight is 409 g/mol. The van der Waals surface area contributed by atoms with Crippen LogP contribution < -0.4 is 19.5 Å². The van der Waals surface area contributed by atoms with E-state index < -0.39 is 0 Å². The number of nitrogens with one attached hydrogen (secondary N) is 1. The van der Waals surface area contributed by atoms with Crippen molar-refractivity contribution in [2.45, 2.75) is 12.6 Å². The lowest BCUT2D eigenvalue weighted by atomic mass is 10.1. The predicted octanol–water partition coefficient (Wildman–Crippen LogP) is 2.96. The standard InChI is InChI=1S/C21H23N5O4/c1-28-19-10-6-9-18(20(19)29-2)22-21(27)25-12-16(13-25)26-11-15(23-24-26)14-30-17-7-4-3-5-8-17/h3-11,16H,12-14H2,1-2H3,(H,22,27). The van der Waals surface area contributed by atoms with Crippen LogP contribution in [0.5, 0.6) is 17.2 Å². The first-order chi connectivity index (χ1) is 14.7. The van der Waals surface area contributed by atoms with Crippen LogP contribution in [0.1, 0.15) is 11.7 Å². The number of para-hydroxylation sites is 2. The summed E-state index contributed by atoms with van der Waals surface area (Å²) in [4.78, 5) is 14.3. The molecular formula is C21H23N5O4. The zero-order valence-corrected chi connectivity index (χ0v) is 16.8. The minimum absolute atomic E-state index is 0.0842. The smallest absolute Gasteiger partial charge is 0.322 e. The molecule has 1 fully saturated rings. The highest BCUT2D eigenvalue weighted by Gasteiger charge is 2.33. The number of amides is 2. The topological polar surface area (TPSA) is 90.7 Å². The van der Waals surface area contributed by atoms with Crippen molar-refractivity contribution >= 4 is 11.7 Å². The summed E-state index contributed by atoms with van der Waals surface area (Å²) in [5, 5.41) is 11.2. The van der Waals surface area contributed by atoms with Crippen LogP contribution in [0.15, 0.2) is 54.7 Å². The maximum Gasteiger partial charge on any atom is 0.322 e. The third-order valence-corrected chi connectivity index (χ3v) is 4.86. The molecule has 0 aliphatic carbocycles. The van der Waals surface area contributed by atoms with Gasteiger partial charge in [0.2, 0.25) is 0 Å². The zero-order valence-electron chi connectivity index (χ0n) is 16.8. The minimum atomic E-state index is -0.203. The molecule has 4 rings (SSSR count). The summed E-state index contributed by atoms with van der Waals surface area (Å²) in [6.45, 7) is 1.43. The molecule has 0 unspecified atom stereocenters. The van der Waals surface area contributed by atoms with Gasteiger partial charge in [-0.25, -0.2) is 9.48 Å². The average Bonchev–Trinajstić information content (AvgIpc) is 3.20. The number of rotatable bonds is 7. The van der Waals surface area contributed by atoms with Crippen LogP contribution in [0.2, 0.25) is 0 Å². The fourth-order valence-electron chi connectivity index (χ4n) is 3.20. The number of ether oxygens (including phenoxy) is 3. The van der Waals surface area contributed by atoms with Crippen molar-refractivity contribution in [3.8, 4) is 17.2 Å². The van der Waals surface area contributed by atoms with Gasteiger partial charge < -0.3 is 24.4 Å². The van der Waals surface area contributed by atoms with E-state index in [1.165, 1.54) is 7.11 Å². The second-order valence-corrected chi connectivity index (χ2v) is 6.82. The molecule has 3 aromatic rings. The molecule has 1 N–H and O–H groups in total. The number of aromatic nitrogens is 3. The first-order valence-corrected chi connectivity index (χ1v) is 9.53. The van der Waals surface area contributed by atoms with Gasteiger partial charge in [-0.1, -0.05) is 29.5 Å². The van der Waals surface area contributed by atoms with Gasteiger partial charge in [0.1, 0.15) is 18.1 Å². The van der Waals surface area contributed by atoms with Gasteiger partial charge in [-0.15, -0.1) is 5.10 Å². The molecule has 156 valence electrons. The van der Waals surface area contributed by atoms with Crippen molar-refractivity contribution in [3.05, 3.63) is 60.4 Å². The fourth-order valence-corrected chi connectivity index (χ4v) is 3.20. The van der Waals surface area contributed by atoms with E-state index in [0.717, 1.165) is 11.4 Å². The van der Waals surface area contributed by atoms with E-state index >= 15 is 0 Å². The number of nitrogens with zero attached hydrogens (tertiary/aromatic N) is 4. The van der Waals surface area contributed by atoms with Gasteiger partial charge in [0.25, 0.3) is 0 Å². The quantitative estimate of drug-likeness (QED) is 0.645. The van der Waals surface area contributed by atoms with E-state index in [0.29, 0.717) is 36.9 Å². The molecule has 30 heavy (non-hydrogen) atoms. The van der Waals surface area contributed by atoms with Gasteiger partial charge in [-0.2, -0.15) is 0 Å². The molecule has 0 bridgehead atoms. The maximum absolute atomic E-state index is 12.6. The van der Waals surface area contributed by atoms with Crippen molar-refractivity contribution in [1.29, 1.82) is 0 Å². The Morgan fingerprint density at radius 2 is 1.90 bits per heavy atom. The molecule has 1 aliphatic heterocycles. The first-order valence-electron chi connectivity index (χ1n) is 9.53. The van der Waals surface area contributed by atoms with Crippen molar-refractivity contribution in [1.82, 2.24) is 19.9 Å². The molecule has 0 radical (unpaired) electrons. The second kappa shape index (κ2) is 8.73. The molecule has 1 saturated heterocycles. The van der Waals surface area contributed by atoms with E-state index in [4.69, 9.17) is 14.2 Å². The summed E-state index contributed by atoms with van der Waals surface area (Å²) in [6, 6.07) is 14.8. The van der Waals surface area contributed by atoms with E-state index in [9.17, 15) is 4.79 Å². The van der Waals surface area contributed by atoms with Crippen LogP contribution in [0.25, 0.3) is 0 Å². The molecule has 2 amide bonds. The third kappa shape index (κ3) is 4.14. The number of carbonyl (C=O) groups excluding carboxylic acids is 1. The molecular weight excluding hydrogens is 386 g/mol. The van der Waals surface area contributed by atoms with Crippen LogP contribution in [-0.2, 0) is 6.61 Å². The number of hydrogen-bond donors (Lipinski definition) is 1. The molecule has 1 aliphatic rings. The molecule has 1 aromatic heterocycles. The number of hydrogen-bond acceptors (Lipinski definition) is 6. The molecule has 2 heterocycles. The van der Waals surface area contributed by atoms with Crippen molar-refractivity contribution in [3.63, 3.8) is 0 Å². The first kappa shape index (κ1) is 19.6. The van der Waals surface area contributed by atoms with Crippen LogP contribution >= 0.6 is 0 Å². The summed E-state index contributed by atoms with van der Waals surface area (Å²) < 4.78 is 18.1. The third-order valence-electron chi connectivity index (χ3n) is 4.86. The Bertz CT molecular complexity index is 1000. The number of likely N-dealkylation sites (tertiary alicyclic amines) is 1. The summed E-state index contributed by atoms with van der Waals surface area (Å²) in [7, 11) is 3.09. The molecule has 9 heteroatoms. The van der Waals surface area contributed by atoms with Gasteiger partial charge in [0, 0.05) is 13.1 Å². The lowest BCUT2D eigenvalue weighted by Crippen LogP contribution is -2.52. The Hall–Kier alpha value is -3.75. The van der Waals surface area contributed by atoms with Crippen molar-refractivity contribution in [2.24, 2.45) is 0 Å². The SMILES string of the molecule is COc1cccc(NC(=O)N2CC(n3cc(COc4ccccc4)nn3)C2)c1OC. The van der Waals surface area contributed by atoms with E-state index in [1.807, 2.05) is 36.5 Å². The highest BCUT2D eigenvalue weighted by atomic mass is 16.5. The Morgan fingerprint density at radius 1 is 1.10 bits per heavy atom. The maximum atomic E-state index is 12.6. The summed E-state index contributed by atoms with van der Waals surface area (Å²) in [6.07, 6.45) is 1.86. The van der Waals surface area contributed by atoms with Gasteiger partial charge in [0.15, 0.2) is 11.5 Å². The Kier molecular flexibility index (Phi) is 5.69. The Balaban J connectivity index is 1.30. The molecule has 0 atom stereocenters. The summed E-state index contributed by atoms with van der Waals surface area (Å²) >= 11 is 0. The number of carbonyl (C=O) groups is 1. The second-order valence-electron chi connectivity index (χ2n) is 6.82. The highest BCUT2D eigenvalue weighted by Crippen LogP contribution is 2.35. The number of urea groups is 1. The largest absolute Gasteiger partial charge is 0.493 e. The van der Waals surface area contributed by atoms with E-state index in [2.05, 4.69) is 15.6 Å². The molecule has 0 saturated carbocycles. The monoisotopic (exact) mass is 409 g/mol. The van der Waals surface area contributed by atoms with Crippen LogP contribution in [-0.4, -0.2) is 53.2 Å². The van der Waals surface area contributed by atoms with Crippen LogP contribution in [0.3, 0.4) is 0 Å². The van der Waals surface area contributed by atoms with Crippen molar-refractivity contribution < 1.29 is 19.0 Å². The number of anilines is 1. The fraction of sp³-hybridized carbons (Fsp3) is 0.286. The summed E-state index contributed by atoms with van der Waals surface area (Å²) in [5.41, 5.74) is 1.30. The molecule has 0 spiro atoms. The molecule has 2 aromatic carbocycles. The van der Waals surface area contributed by atoms with Gasteiger partial charge >= 0.3 is 6.03 Å². The number of benzene rings is 2. The Morgan fingerprint density at radius 3 is 2.63 bits per heavy atom. The lowest BCUT2D eigenvalue weighted by Gasteiger charge is -2.38. The van der Waals surface area contributed by atoms with Gasteiger partial charge in [-0.05, 0) is 24.3 Å². The number of methoxy groups -OCH3 is 2. The zero-order chi connectivity index (χ0) is 20.9. The molecule has 9 nitrogen and oxygen atoms in total.